The van der Waals surface area contributed by atoms with Crippen LogP contribution >= 0.6 is 0 Å². The van der Waals surface area contributed by atoms with Gasteiger partial charge in [0.05, 0.1) is 5.52 Å². The average Bonchev–Trinajstić information content (AvgIpc) is 3.30. The fourth-order valence-electron chi connectivity index (χ4n) is 4.15. The minimum absolute atomic E-state index is 0.0649. The van der Waals surface area contributed by atoms with Gasteiger partial charge in [0.25, 0.3) is 0 Å². The van der Waals surface area contributed by atoms with Gasteiger partial charge in [-0.15, -0.1) is 5.10 Å². The molecule has 0 aliphatic heterocycles. The Morgan fingerprint density at radius 3 is 2.42 bits per heavy atom. The molecule has 2 aromatic heterocycles. The van der Waals surface area contributed by atoms with Crippen LogP contribution in [0.25, 0.3) is 11.0 Å². The molecule has 0 radical (unpaired) electrons. The number of amides is 2. The van der Waals surface area contributed by atoms with Crippen molar-refractivity contribution in [1.82, 2.24) is 25.3 Å². The Morgan fingerprint density at radius 1 is 1.00 bits per heavy atom. The van der Waals surface area contributed by atoms with Crippen molar-refractivity contribution < 1.29 is 9.59 Å². The fraction of sp³-hybridized carbons (Fsp3) is 0.321. The van der Waals surface area contributed by atoms with Crippen LogP contribution in [0.2, 0.25) is 0 Å². The molecular formula is C28H32N6O2. The maximum atomic E-state index is 14.1. The maximum Gasteiger partial charge on any atom is 0.249 e. The second-order valence-electron chi connectivity index (χ2n) is 9.39. The number of aromatic nitrogens is 4. The molecule has 2 heterocycles. The van der Waals surface area contributed by atoms with Crippen LogP contribution in [0.1, 0.15) is 51.3 Å². The third-order valence-electron chi connectivity index (χ3n) is 6.48. The molecule has 0 fully saturated rings. The molecule has 0 spiro atoms. The zero-order valence-corrected chi connectivity index (χ0v) is 21.2. The van der Waals surface area contributed by atoms with Gasteiger partial charge in [-0.25, -0.2) is 4.68 Å². The Morgan fingerprint density at radius 2 is 1.69 bits per heavy atom. The predicted molar refractivity (Wildman–Crippen MR) is 140 cm³/mol. The van der Waals surface area contributed by atoms with E-state index in [1.54, 1.807) is 34.1 Å². The summed E-state index contributed by atoms with van der Waals surface area (Å²) >= 11 is 0. The average molecular weight is 485 g/mol. The maximum absolute atomic E-state index is 14.1. The first-order valence-electron chi connectivity index (χ1n) is 12.2. The van der Waals surface area contributed by atoms with Gasteiger partial charge in [0.1, 0.15) is 18.1 Å². The summed E-state index contributed by atoms with van der Waals surface area (Å²) < 4.78 is 1.58. The highest BCUT2D eigenvalue weighted by atomic mass is 16.2. The van der Waals surface area contributed by atoms with Crippen LogP contribution in [0.15, 0.2) is 73.1 Å². The number of aryl methyl sites for hydroxylation is 1. The van der Waals surface area contributed by atoms with Gasteiger partial charge in [0.15, 0.2) is 0 Å². The highest BCUT2D eigenvalue weighted by Gasteiger charge is 2.36. The van der Waals surface area contributed by atoms with E-state index in [0.29, 0.717) is 23.2 Å². The van der Waals surface area contributed by atoms with Crippen molar-refractivity contribution >= 4 is 28.5 Å². The van der Waals surface area contributed by atoms with Crippen molar-refractivity contribution in [1.29, 1.82) is 0 Å². The lowest BCUT2D eigenvalue weighted by Crippen LogP contribution is -2.51. The first-order valence-corrected chi connectivity index (χ1v) is 12.2. The minimum atomic E-state index is -0.895. The van der Waals surface area contributed by atoms with Crippen molar-refractivity contribution in [3.63, 3.8) is 0 Å². The summed E-state index contributed by atoms with van der Waals surface area (Å²) in [5, 5.41) is 11.5. The normalized spacial score (nSPS) is 12.3. The third kappa shape index (κ3) is 5.27. The molecule has 0 saturated heterocycles. The third-order valence-corrected chi connectivity index (χ3v) is 6.48. The van der Waals surface area contributed by atoms with E-state index in [4.69, 9.17) is 0 Å². The Balaban J connectivity index is 1.84. The molecule has 2 aromatic carbocycles. The zero-order valence-electron chi connectivity index (χ0n) is 21.2. The van der Waals surface area contributed by atoms with Crippen molar-refractivity contribution in [2.45, 2.75) is 58.7 Å². The van der Waals surface area contributed by atoms with Gasteiger partial charge in [-0.2, -0.15) is 0 Å². The summed E-state index contributed by atoms with van der Waals surface area (Å²) in [6.07, 6.45) is 4.73. The highest BCUT2D eigenvalue weighted by molar-refractivity contribution is 6.02. The van der Waals surface area contributed by atoms with Gasteiger partial charge in [-0.3, -0.25) is 19.5 Å². The van der Waals surface area contributed by atoms with E-state index in [1.807, 2.05) is 76.2 Å². The number of nitrogens with one attached hydrogen (secondary N) is 1. The molecule has 0 bridgehead atoms. The summed E-state index contributed by atoms with van der Waals surface area (Å²) in [4.78, 5) is 33.7. The Bertz CT molecular complexity index is 1350. The van der Waals surface area contributed by atoms with E-state index in [0.717, 1.165) is 17.5 Å². The summed E-state index contributed by atoms with van der Waals surface area (Å²) in [5.74, 6) is -0.520. The van der Waals surface area contributed by atoms with Crippen molar-refractivity contribution in [3.8, 4) is 0 Å². The SMILES string of the molecule is CCc1ccccc1N(C(=O)Cn1nnc2ccccc21)[C@@H](C(=O)NC(C)(C)CC)c1ccncc1. The second-order valence-corrected chi connectivity index (χ2v) is 9.39. The number of para-hydroxylation sites is 2. The number of pyridine rings is 1. The van der Waals surface area contributed by atoms with Crippen molar-refractivity contribution in [2.75, 3.05) is 4.90 Å². The fourth-order valence-corrected chi connectivity index (χ4v) is 4.15. The predicted octanol–water partition coefficient (Wildman–Crippen LogP) is 4.47. The number of hydrogen-bond acceptors (Lipinski definition) is 5. The monoisotopic (exact) mass is 484 g/mol. The molecule has 0 unspecified atom stereocenters. The van der Waals surface area contributed by atoms with Crippen LogP contribution in [0.4, 0.5) is 5.69 Å². The molecule has 1 atom stereocenters. The lowest BCUT2D eigenvalue weighted by Gasteiger charge is -2.35. The first-order chi connectivity index (χ1) is 17.3. The van der Waals surface area contributed by atoms with Crippen LogP contribution < -0.4 is 10.2 Å². The van der Waals surface area contributed by atoms with Crippen LogP contribution in [0, 0.1) is 0 Å². The highest BCUT2D eigenvalue weighted by Crippen LogP contribution is 2.32. The lowest BCUT2D eigenvalue weighted by atomic mass is 9.98. The second kappa shape index (κ2) is 10.7. The van der Waals surface area contributed by atoms with E-state index in [1.165, 1.54) is 0 Å². The summed E-state index contributed by atoms with van der Waals surface area (Å²) in [6.45, 7) is 7.94. The number of fused-ring (bicyclic) bond motifs is 1. The molecule has 4 aromatic rings. The number of carbonyl (C=O) groups excluding carboxylic acids is 2. The molecule has 2 amide bonds. The number of rotatable bonds is 9. The zero-order chi connectivity index (χ0) is 25.7. The van der Waals surface area contributed by atoms with Crippen molar-refractivity contribution in [3.05, 3.63) is 84.2 Å². The van der Waals surface area contributed by atoms with Gasteiger partial charge >= 0.3 is 0 Å². The van der Waals surface area contributed by atoms with E-state index < -0.39 is 11.6 Å². The van der Waals surface area contributed by atoms with Gasteiger partial charge in [0, 0.05) is 23.6 Å². The number of nitrogens with zero attached hydrogens (tertiary/aromatic N) is 5. The molecule has 36 heavy (non-hydrogen) atoms. The first kappa shape index (κ1) is 25.0. The van der Waals surface area contributed by atoms with Gasteiger partial charge in [-0.05, 0) is 68.1 Å². The number of hydrogen-bond donors (Lipinski definition) is 1. The van der Waals surface area contributed by atoms with Gasteiger partial charge < -0.3 is 5.32 Å². The summed E-state index contributed by atoms with van der Waals surface area (Å²) in [5.41, 5.74) is 3.36. The number of anilines is 1. The van der Waals surface area contributed by atoms with Crippen LogP contribution in [0.3, 0.4) is 0 Å². The minimum Gasteiger partial charge on any atom is -0.349 e. The van der Waals surface area contributed by atoms with E-state index in [9.17, 15) is 9.59 Å². The van der Waals surface area contributed by atoms with Crippen LogP contribution in [-0.4, -0.2) is 37.3 Å². The largest absolute Gasteiger partial charge is 0.349 e. The molecule has 8 heteroatoms. The molecule has 0 aliphatic rings. The van der Waals surface area contributed by atoms with Crippen LogP contribution in [0.5, 0.6) is 0 Å². The van der Waals surface area contributed by atoms with Gasteiger partial charge in [-0.1, -0.05) is 49.4 Å². The Kier molecular flexibility index (Phi) is 7.43. The van der Waals surface area contributed by atoms with Crippen molar-refractivity contribution in [2.24, 2.45) is 0 Å². The number of carbonyl (C=O) groups is 2. The Labute approximate surface area is 211 Å². The van der Waals surface area contributed by atoms with Gasteiger partial charge in [0.2, 0.25) is 11.8 Å². The Hall–Kier alpha value is -4.07. The molecule has 186 valence electrons. The quantitative estimate of drug-likeness (QED) is 0.378. The van der Waals surface area contributed by atoms with E-state index in [2.05, 4.69) is 20.6 Å². The van der Waals surface area contributed by atoms with E-state index >= 15 is 0 Å². The standard InChI is InChI=1S/C28H32N6O2/c1-5-20-11-7-9-13-23(20)34(25(35)19-33-24-14-10-8-12-22(24)31-32-33)26(21-15-17-29-18-16-21)27(36)30-28(3,4)6-2/h7-18,26H,5-6,19H2,1-4H3,(H,30,36)/t26-/m1/s1. The summed E-state index contributed by atoms with van der Waals surface area (Å²) in [7, 11) is 0. The lowest BCUT2D eigenvalue weighted by molar-refractivity contribution is -0.128. The molecular weight excluding hydrogens is 452 g/mol. The number of benzene rings is 2. The summed E-state index contributed by atoms with van der Waals surface area (Å²) in [6, 6.07) is 17.9. The smallest absolute Gasteiger partial charge is 0.249 e. The van der Waals surface area contributed by atoms with Crippen LogP contribution in [-0.2, 0) is 22.6 Å². The van der Waals surface area contributed by atoms with E-state index in [-0.39, 0.29) is 18.4 Å². The molecule has 0 saturated carbocycles. The molecule has 8 nitrogen and oxygen atoms in total. The topological polar surface area (TPSA) is 93.0 Å². The molecule has 0 aliphatic carbocycles. The molecule has 1 N–H and O–H groups in total. The molecule has 4 rings (SSSR count).